The van der Waals surface area contributed by atoms with Gasteiger partial charge in [-0.25, -0.2) is 0 Å². The molecule has 0 radical (unpaired) electrons. The van der Waals surface area contributed by atoms with E-state index in [1.807, 2.05) is 4.68 Å². The average molecular weight is 208 g/mol. The van der Waals surface area contributed by atoms with Crippen molar-refractivity contribution in [3.63, 3.8) is 0 Å². The minimum absolute atomic E-state index is 0.298. The van der Waals surface area contributed by atoms with E-state index in [9.17, 15) is 5.11 Å². The molecular weight excluding hydrogens is 192 g/mol. The van der Waals surface area contributed by atoms with Gasteiger partial charge in [-0.2, -0.15) is 5.10 Å². The van der Waals surface area contributed by atoms with Crippen molar-refractivity contribution in [3.8, 4) is 5.75 Å². The van der Waals surface area contributed by atoms with E-state index < -0.39 is 0 Å². The molecule has 0 amide bonds. The molecule has 0 aromatic carbocycles. The zero-order valence-corrected chi connectivity index (χ0v) is 8.72. The number of hydrogen-bond acceptors (Lipinski definition) is 3. The molecule has 4 heteroatoms. The van der Waals surface area contributed by atoms with Crippen molar-refractivity contribution in [2.75, 3.05) is 13.2 Å². The molecule has 1 aromatic rings. The van der Waals surface area contributed by atoms with Crippen molar-refractivity contribution in [1.29, 1.82) is 0 Å². The Balaban J connectivity index is 1.84. The van der Waals surface area contributed by atoms with Crippen LogP contribution < -0.4 is 0 Å². The first-order valence-corrected chi connectivity index (χ1v) is 5.70. The van der Waals surface area contributed by atoms with Crippen LogP contribution in [0, 0.1) is 0 Å². The molecule has 3 rings (SSSR count). The summed E-state index contributed by atoms with van der Waals surface area (Å²) in [5, 5.41) is 14.3. The third-order valence-electron chi connectivity index (χ3n) is 3.51. The van der Waals surface area contributed by atoms with Gasteiger partial charge >= 0.3 is 0 Å². The van der Waals surface area contributed by atoms with Crippen molar-refractivity contribution < 1.29 is 9.84 Å². The average Bonchev–Trinajstić information content (AvgIpc) is 2.70. The van der Waals surface area contributed by atoms with Gasteiger partial charge in [-0.3, -0.25) is 4.68 Å². The van der Waals surface area contributed by atoms with Crippen LogP contribution in [0.5, 0.6) is 5.75 Å². The topological polar surface area (TPSA) is 47.3 Å². The first kappa shape index (κ1) is 9.21. The van der Waals surface area contributed by atoms with E-state index in [1.165, 1.54) is 19.3 Å². The number of ether oxygens (including phenoxy) is 1. The van der Waals surface area contributed by atoms with Gasteiger partial charge in [-0.05, 0) is 25.7 Å². The highest BCUT2D eigenvalue weighted by Crippen LogP contribution is 2.36. The number of nitrogens with zero attached hydrogens (tertiary/aromatic N) is 2. The highest BCUT2D eigenvalue weighted by Gasteiger charge is 2.27. The summed E-state index contributed by atoms with van der Waals surface area (Å²) in [5.74, 6) is 0.642. The van der Waals surface area contributed by atoms with Crippen LogP contribution in [0.15, 0.2) is 6.20 Å². The van der Waals surface area contributed by atoms with Crippen LogP contribution in [-0.2, 0) is 4.74 Å². The molecule has 1 atom stereocenters. The fourth-order valence-electron chi connectivity index (χ4n) is 2.28. The molecule has 15 heavy (non-hydrogen) atoms. The predicted molar refractivity (Wildman–Crippen MR) is 55.0 cm³/mol. The summed E-state index contributed by atoms with van der Waals surface area (Å²) in [5.41, 5.74) is 0.833. The lowest BCUT2D eigenvalue weighted by molar-refractivity contribution is 0.193. The molecule has 1 unspecified atom stereocenters. The van der Waals surface area contributed by atoms with Crippen LogP contribution in [0.25, 0.3) is 0 Å². The summed E-state index contributed by atoms with van der Waals surface area (Å²) in [6, 6.07) is 0.520. The minimum atomic E-state index is 0.298. The monoisotopic (exact) mass is 208 g/mol. The van der Waals surface area contributed by atoms with Gasteiger partial charge < -0.3 is 9.84 Å². The Hall–Kier alpha value is -1.03. The minimum Gasteiger partial charge on any atom is -0.504 e. The van der Waals surface area contributed by atoms with Crippen molar-refractivity contribution >= 4 is 0 Å². The molecule has 1 aromatic heterocycles. The Morgan fingerprint density at radius 3 is 2.87 bits per heavy atom. The fraction of sp³-hybridized carbons (Fsp3) is 0.727. The van der Waals surface area contributed by atoms with Crippen molar-refractivity contribution in [2.24, 2.45) is 0 Å². The third kappa shape index (κ3) is 1.53. The first-order valence-electron chi connectivity index (χ1n) is 5.70. The third-order valence-corrected chi connectivity index (χ3v) is 3.51. The normalized spacial score (nSPS) is 26.8. The molecule has 2 heterocycles. The molecule has 2 fully saturated rings. The SMILES string of the molecule is Oc1cn(C2CCC2)nc1C1CCOC1. The van der Waals surface area contributed by atoms with Crippen molar-refractivity contribution in [3.05, 3.63) is 11.9 Å². The smallest absolute Gasteiger partial charge is 0.157 e. The molecule has 0 bridgehead atoms. The molecule has 1 saturated heterocycles. The van der Waals surface area contributed by atoms with Gasteiger partial charge in [0.25, 0.3) is 0 Å². The van der Waals surface area contributed by atoms with E-state index in [2.05, 4.69) is 5.10 Å². The molecule has 1 aliphatic carbocycles. The molecule has 0 spiro atoms. The van der Waals surface area contributed by atoms with Gasteiger partial charge in [-0.1, -0.05) is 0 Å². The van der Waals surface area contributed by atoms with Crippen LogP contribution >= 0.6 is 0 Å². The molecule has 2 aliphatic rings. The highest BCUT2D eigenvalue weighted by atomic mass is 16.5. The van der Waals surface area contributed by atoms with Gasteiger partial charge in [0.1, 0.15) is 5.69 Å². The van der Waals surface area contributed by atoms with E-state index in [4.69, 9.17) is 4.74 Å². The van der Waals surface area contributed by atoms with Crippen LogP contribution in [0.4, 0.5) is 0 Å². The van der Waals surface area contributed by atoms with Gasteiger partial charge in [0.05, 0.1) is 18.8 Å². The maximum absolute atomic E-state index is 9.82. The van der Waals surface area contributed by atoms with Crippen molar-refractivity contribution in [2.45, 2.75) is 37.6 Å². The lowest BCUT2D eigenvalue weighted by Gasteiger charge is -2.25. The summed E-state index contributed by atoms with van der Waals surface area (Å²) >= 11 is 0. The van der Waals surface area contributed by atoms with Crippen LogP contribution in [-0.4, -0.2) is 28.1 Å². The second kappa shape index (κ2) is 3.52. The highest BCUT2D eigenvalue weighted by molar-refractivity contribution is 5.27. The largest absolute Gasteiger partial charge is 0.504 e. The Bertz CT molecular complexity index is 351. The summed E-state index contributed by atoms with van der Waals surface area (Å²) in [4.78, 5) is 0. The summed E-state index contributed by atoms with van der Waals surface area (Å²) in [6.07, 6.45) is 6.43. The van der Waals surface area contributed by atoms with Gasteiger partial charge in [-0.15, -0.1) is 0 Å². The first-order chi connectivity index (χ1) is 7.34. The molecular formula is C11H16N2O2. The molecule has 1 saturated carbocycles. The van der Waals surface area contributed by atoms with Crippen LogP contribution in [0.2, 0.25) is 0 Å². The second-order valence-electron chi connectivity index (χ2n) is 4.52. The van der Waals surface area contributed by atoms with Gasteiger partial charge in [0.15, 0.2) is 5.75 Å². The fourth-order valence-corrected chi connectivity index (χ4v) is 2.28. The van der Waals surface area contributed by atoms with E-state index in [0.717, 1.165) is 18.7 Å². The number of rotatable bonds is 2. The zero-order chi connectivity index (χ0) is 10.3. The van der Waals surface area contributed by atoms with E-state index in [1.54, 1.807) is 6.20 Å². The lowest BCUT2D eigenvalue weighted by atomic mass is 9.93. The summed E-state index contributed by atoms with van der Waals surface area (Å²) in [6.45, 7) is 1.50. The maximum atomic E-state index is 9.82. The summed E-state index contributed by atoms with van der Waals surface area (Å²) in [7, 11) is 0. The van der Waals surface area contributed by atoms with Crippen molar-refractivity contribution in [1.82, 2.24) is 9.78 Å². The van der Waals surface area contributed by atoms with E-state index in [0.29, 0.717) is 24.3 Å². The number of aromatic nitrogens is 2. The number of aromatic hydroxyl groups is 1. The lowest BCUT2D eigenvalue weighted by Crippen LogP contribution is -2.17. The molecule has 82 valence electrons. The second-order valence-corrected chi connectivity index (χ2v) is 4.52. The Labute approximate surface area is 88.9 Å². The standard InChI is InChI=1S/C11H16N2O2/c14-10-6-13(9-2-1-3-9)12-11(10)8-4-5-15-7-8/h6,8-9,14H,1-5,7H2. The van der Waals surface area contributed by atoms with Crippen LogP contribution in [0.3, 0.4) is 0 Å². The molecule has 1 N–H and O–H groups in total. The Morgan fingerprint density at radius 2 is 2.27 bits per heavy atom. The van der Waals surface area contributed by atoms with E-state index in [-0.39, 0.29) is 0 Å². The quantitative estimate of drug-likeness (QED) is 0.806. The Kier molecular flexibility index (Phi) is 2.16. The maximum Gasteiger partial charge on any atom is 0.157 e. The van der Waals surface area contributed by atoms with Gasteiger partial charge in [0, 0.05) is 12.5 Å². The molecule has 4 nitrogen and oxygen atoms in total. The molecule has 1 aliphatic heterocycles. The Morgan fingerprint density at radius 1 is 1.40 bits per heavy atom. The van der Waals surface area contributed by atoms with E-state index >= 15 is 0 Å². The zero-order valence-electron chi connectivity index (χ0n) is 8.72. The summed E-state index contributed by atoms with van der Waals surface area (Å²) < 4.78 is 7.25. The predicted octanol–water partition coefficient (Wildman–Crippen LogP) is 1.82. The van der Waals surface area contributed by atoms with Gasteiger partial charge in [0.2, 0.25) is 0 Å². The van der Waals surface area contributed by atoms with Crippen LogP contribution in [0.1, 0.15) is 43.3 Å². The number of hydrogen-bond donors (Lipinski definition) is 1.